The smallest absolute Gasteiger partial charge is 0.263 e. The number of rotatable bonds is 0. The molecule has 74 valence electrons. The predicted molar refractivity (Wildman–Crippen MR) is 58.2 cm³/mol. The Labute approximate surface area is 90.3 Å². The Kier molecular flexibility index (Phi) is 2.54. The molecule has 0 fully saturated rings. The van der Waals surface area contributed by atoms with Crippen molar-refractivity contribution in [3.63, 3.8) is 0 Å². The maximum Gasteiger partial charge on any atom is 0.286 e. The van der Waals surface area contributed by atoms with Crippen LogP contribution in [0.2, 0.25) is 0 Å². The number of nitrogens with zero attached hydrogens (tertiary/aromatic N) is 2. The summed E-state index contributed by atoms with van der Waals surface area (Å²) in [6.07, 6.45) is 4.70. The number of sulfonamides is 1. The Morgan fingerprint density at radius 2 is 2.29 bits per heavy atom. The fourth-order valence-corrected chi connectivity index (χ4v) is 4.35. The van der Waals surface area contributed by atoms with Gasteiger partial charge in [0.15, 0.2) is 0 Å². The molecule has 1 aromatic rings. The minimum Gasteiger partial charge on any atom is -0.263 e. The first-order valence-electron chi connectivity index (χ1n) is 3.64. The maximum atomic E-state index is 11.6. The molecule has 2 rings (SSSR count). The summed E-state index contributed by atoms with van der Waals surface area (Å²) in [4.78, 5) is 4.67. The second kappa shape index (κ2) is 3.56. The Bertz CT molecular complexity index is 495. The monoisotopic (exact) mass is 246 g/mol. The fraction of sp³-hybridized carbons (Fsp3) is 0.143. The van der Waals surface area contributed by atoms with Crippen LogP contribution in [0.5, 0.6) is 0 Å². The van der Waals surface area contributed by atoms with Crippen LogP contribution in [0.4, 0.5) is 0 Å². The molecule has 0 radical (unpaired) electrons. The van der Waals surface area contributed by atoms with Crippen LogP contribution in [0.1, 0.15) is 0 Å². The minimum absolute atomic E-state index is 0.197. The van der Waals surface area contributed by atoms with Gasteiger partial charge >= 0.3 is 0 Å². The molecule has 7 heteroatoms. The molecule has 0 saturated heterocycles. The highest BCUT2D eigenvalue weighted by Crippen LogP contribution is 2.35. The van der Waals surface area contributed by atoms with Gasteiger partial charge in [0.25, 0.3) is 10.0 Å². The van der Waals surface area contributed by atoms with Gasteiger partial charge < -0.3 is 0 Å². The highest BCUT2D eigenvalue weighted by atomic mass is 32.2. The van der Waals surface area contributed by atoms with E-state index in [9.17, 15) is 8.42 Å². The second-order valence-electron chi connectivity index (χ2n) is 2.46. The van der Waals surface area contributed by atoms with Crippen molar-refractivity contribution in [2.45, 2.75) is 9.79 Å². The van der Waals surface area contributed by atoms with E-state index in [1.165, 1.54) is 29.7 Å². The fourth-order valence-electron chi connectivity index (χ4n) is 0.984. The van der Waals surface area contributed by atoms with Gasteiger partial charge in [-0.2, -0.15) is 8.42 Å². The highest BCUT2D eigenvalue weighted by molar-refractivity contribution is 8.39. The maximum absolute atomic E-state index is 11.6. The summed E-state index contributed by atoms with van der Waals surface area (Å²) in [5.41, 5.74) is 0. The van der Waals surface area contributed by atoms with Gasteiger partial charge in [0.2, 0.25) is 0 Å². The number of hydrogen-bond donors (Lipinski definition) is 0. The van der Waals surface area contributed by atoms with Crippen LogP contribution in [0.15, 0.2) is 32.6 Å². The van der Waals surface area contributed by atoms with E-state index < -0.39 is 10.0 Å². The summed E-state index contributed by atoms with van der Waals surface area (Å²) < 4.78 is 27.4. The number of pyridine rings is 1. The van der Waals surface area contributed by atoms with E-state index in [0.717, 1.165) is 0 Å². The summed E-state index contributed by atoms with van der Waals surface area (Å²) in [6, 6.07) is 1.68. The van der Waals surface area contributed by atoms with E-state index in [-0.39, 0.29) is 4.90 Å². The van der Waals surface area contributed by atoms with E-state index in [1.54, 1.807) is 18.5 Å². The van der Waals surface area contributed by atoms with Crippen molar-refractivity contribution in [3.05, 3.63) is 18.5 Å². The predicted octanol–water partition coefficient (Wildman–Crippen LogP) is 1.59. The summed E-state index contributed by atoms with van der Waals surface area (Å²) in [5.74, 6) is 0. The van der Waals surface area contributed by atoms with Gasteiger partial charge in [-0.25, -0.2) is 0 Å². The Balaban J connectivity index is 2.63. The molecule has 0 bridgehead atoms. The lowest BCUT2D eigenvalue weighted by atomic mass is 10.5. The summed E-state index contributed by atoms with van der Waals surface area (Å²) in [6.45, 7) is 0. The molecule has 14 heavy (non-hydrogen) atoms. The molecule has 0 aromatic carbocycles. The molecule has 0 aliphatic carbocycles. The van der Waals surface area contributed by atoms with Crippen molar-refractivity contribution in [1.29, 1.82) is 0 Å². The molecule has 4 nitrogen and oxygen atoms in total. The second-order valence-corrected chi connectivity index (χ2v) is 6.12. The largest absolute Gasteiger partial charge is 0.286 e. The number of thioether (sulfide) groups is 2. The molecule has 0 amide bonds. The van der Waals surface area contributed by atoms with Gasteiger partial charge in [0, 0.05) is 17.3 Å². The van der Waals surface area contributed by atoms with E-state index in [0.29, 0.717) is 9.27 Å². The zero-order chi connectivity index (χ0) is 10.2. The molecule has 0 atom stereocenters. The topological polar surface area (TPSA) is 59.4 Å². The molecular formula is C7H6N2O2S3. The van der Waals surface area contributed by atoms with Gasteiger partial charge in [0.1, 0.15) is 9.27 Å². The van der Waals surface area contributed by atoms with Gasteiger partial charge in [-0.15, -0.1) is 16.2 Å². The van der Waals surface area contributed by atoms with Crippen molar-refractivity contribution >= 4 is 37.9 Å². The Morgan fingerprint density at radius 3 is 3.00 bits per heavy atom. The molecule has 1 aliphatic heterocycles. The molecule has 2 heterocycles. The first kappa shape index (κ1) is 10.0. The molecule has 1 aliphatic rings. The summed E-state index contributed by atoms with van der Waals surface area (Å²) >= 11 is 2.68. The van der Waals surface area contributed by atoms with Gasteiger partial charge in [-0.1, -0.05) is 11.8 Å². The SMILES string of the molecule is CSC1=NS(=O)(=O)c2cnccc2S1. The van der Waals surface area contributed by atoms with Crippen LogP contribution >= 0.6 is 23.5 Å². The van der Waals surface area contributed by atoms with E-state index in [4.69, 9.17) is 0 Å². The lowest BCUT2D eigenvalue weighted by molar-refractivity contribution is 0.595. The third-order valence-corrected chi connectivity index (χ3v) is 5.29. The van der Waals surface area contributed by atoms with E-state index in [1.807, 2.05) is 0 Å². The molecular weight excluding hydrogens is 240 g/mol. The van der Waals surface area contributed by atoms with Gasteiger partial charge in [-0.05, 0) is 12.3 Å². The standard InChI is InChI=1S/C7H6N2O2S3/c1-12-7-9-14(10,11)6-4-8-3-2-5(6)13-7/h2-4H,1H3. The quantitative estimate of drug-likeness (QED) is 0.696. The van der Waals surface area contributed by atoms with E-state index in [2.05, 4.69) is 9.38 Å². The number of fused-ring (bicyclic) bond motifs is 1. The first-order chi connectivity index (χ1) is 6.63. The van der Waals surface area contributed by atoms with Crippen LogP contribution < -0.4 is 0 Å². The first-order valence-corrected chi connectivity index (χ1v) is 7.12. The Morgan fingerprint density at radius 1 is 1.50 bits per heavy atom. The van der Waals surface area contributed by atoms with Crippen molar-refractivity contribution in [3.8, 4) is 0 Å². The van der Waals surface area contributed by atoms with Crippen LogP contribution in [-0.2, 0) is 10.0 Å². The van der Waals surface area contributed by atoms with Crippen molar-refractivity contribution in [1.82, 2.24) is 4.98 Å². The molecule has 0 spiro atoms. The summed E-state index contributed by atoms with van der Waals surface area (Å²) in [7, 11) is -3.52. The van der Waals surface area contributed by atoms with Crippen LogP contribution in [0.3, 0.4) is 0 Å². The number of aromatic nitrogens is 1. The lowest BCUT2D eigenvalue weighted by Crippen LogP contribution is -2.07. The van der Waals surface area contributed by atoms with Crippen LogP contribution in [-0.4, -0.2) is 24.0 Å². The molecule has 0 saturated carbocycles. The third kappa shape index (κ3) is 1.67. The lowest BCUT2D eigenvalue weighted by Gasteiger charge is -2.12. The van der Waals surface area contributed by atoms with Gasteiger partial charge in [0.05, 0.1) is 0 Å². The van der Waals surface area contributed by atoms with Crippen LogP contribution in [0.25, 0.3) is 0 Å². The van der Waals surface area contributed by atoms with Crippen molar-refractivity contribution in [2.24, 2.45) is 4.40 Å². The molecule has 0 unspecified atom stereocenters. The minimum atomic E-state index is -3.52. The Hall–Kier alpha value is -0.530. The molecule has 1 aromatic heterocycles. The average molecular weight is 246 g/mol. The molecule has 0 N–H and O–H groups in total. The van der Waals surface area contributed by atoms with Gasteiger partial charge in [-0.3, -0.25) is 4.98 Å². The summed E-state index contributed by atoms with van der Waals surface area (Å²) in [5, 5.41) is 0. The average Bonchev–Trinajstić information content (AvgIpc) is 2.17. The van der Waals surface area contributed by atoms with E-state index >= 15 is 0 Å². The zero-order valence-corrected chi connectivity index (χ0v) is 9.62. The highest BCUT2D eigenvalue weighted by Gasteiger charge is 2.25. The number of hydrogen-bond acceptors (Lipinski definition) is 5. The van der Waals surface area contributed by atoms with Crippen molar-refractivity contribution < 1.29 is 8.42 Å². The van der Waals surface area contributed by atoms with Crippen LogP contribution in [0, 0.1) is 0 Å². The third-order valence-electron chi connectivity index (χ3n) is 1.59. The zero-order valence-electron chi connectivity index (χ0n) is 7.17. The van der Waals surface area contributed by atoms with Crippen molar-refractivity contribution in [2.75, 3.05) is 6.26 Å². The normalized spacial score (nSPS) is 18.5.